The predicted molar refractivity (Wildman–Crippen MR) is 112 cm³/mol. The summed E-state index contributed by atoms with van der Waals surface area (Å²) < 4.78 is 10.3. The van der Waals surface area contributed by atoms with E-state index in [0.29, 0.717) is 25.9 Å². The molecule has 170 valence electrons. The van der Waals surface area contributed by atoms with E-state index in [0.717, 1.165) is 12.1 Å². The fraction of sp³-hybridized carbons (Fsp3) is 0.571. The van der Waals surface area contributed by atoms with Crippen molar-refractivity contribution < 1.29 is 28.8 Å². The Balaban J connectivity index is 2.11. The molecule has 0 bridgehead atoms. The van der Waals surface area contributed by atoms with Gasteiger partial charge in [0.25, 0.3) is 11.6 Å². The maximum absolute atomic E-state index is 12.8. The Bertz CT molecular complexity index is 868. The third kappa shape index (κ3) is 6.66. The van der Waals surface area contributed by atoms with Crippen molar-refractivity contribution in [3.05, 3.63) is 39.4 Å². The molecule has 1 saturated heterocycles. The number of likely N-dealkylation sites (tertiary alicyclic amines) is 1. The van der Waals surface area contributed by atoms with E-state index in [4.69, 9.17) is 9.47 Å². The van der Waals surface area contributed by atoms with Gasteiger partial charge in [-0.3, -0.25) is 14.9 Å². The summed E-state index contributed by atoms with van der Waals surface area (Å²) in [5.41, 5.74) is -1.66. The number of amides is 2. The molecule has 0 unspecified atom stereocenters. The molecule has 10 nitrogen and oxygen atoms in total. The lowest BCUT2D eigenvalue weighted by Gasteiger charge is -2.40. The molecule has 1 heterocycles. The van der Waals surface area contributed by atoms with Crippen molar-refractivity contribution in [1.82, 2.24) is 10.2 Å². The monoisotopic (exact) mass is 435 g/mol. The second-order valence-corrected chi connectivity index (χ2v) is 8.73. The number of hydrogen-bond donors (Lipinski definition) is 1. The molecule has 31 heavy (non-hydrogen) atoms. The van der Waals surface area contributed by atoms with Crippen LogP contribution in [0.4, 0.5) is 10.5 Å². The van der Waals surface area contributed by atoms with Crippen LogP contribution in [-0.2, 0) is 9.47 Å². The number of carbonyl (C=O) groups is 3. The van der Waals surface area contributed by atoms with Crippen LogP contribution in [0.3, 0.4) is 0 Å². The van der Waals surface area contributed by atoms with E-state index in [1.807, 2.05) is 6.92 Å². The van der Waals surface area contributed by atoms with Gasteiger partial charge in [0.1, 0.15) is 5.60 Å². The number of hydrogen-bond acceptors (Lipinski definition) is 7. The van der Waals surface area contributed by atoms with Crippen LogP contribution in [0.15, 0.2) is 18.2 Å². The molecule has 10 heteroatoms. The Morgan fingerprint density at radius 1 is 1.16 bits per heavy atom. The van der Waals surface area contributed by atoms with Gasteiger partial charge in [-0.25, -0.2) is 9.59 Å². The van der Waals surface area contributed by atoms with Crippen LogP contribution < -0.4 is 5.32 Å². The van der Waals surface area contributed by atoms with Crippen molar-refractivity contribution in [3.8, 4) is 0 Å². The van der Waals surface area contributed by atoms with E-state index in [1.54, 1.807) is 32.6 Å². The Hall–Kier alpha value is -3.17. The van der Waals surface area contributed by atoms with E-state index < -0.39 is 34.0 Å². The smallest absolute Gasteiger partial charge is 0.410 e. The lowest BCUT2D eigenvalue weighted by molar-refractivity contribution is -0.384. The van der Waals surface area contributed by atoms with Crippen molar-refractivity contribution in [2.24, 2.45) is 0 Å². The number of esters is 1. The topological polar surface area (TPSA) is 128 Å². The molecule has 1 aromatic rings. The molecular formula is C21H29N3O7. The maximum atomic E-state index is 12.8. The molecule has 0 aromatic heterocycles. The summed E-state index contributed by atoms with van der Waals surface area (Å²) in [6.07, 6.45) is 0.564. The van der Waals surface area contributed by atoms with Gasteiger partial charge in [-0.05, 0) is 53.5 Å². The third-order valence-electron chi connectivity index (χ3n) is 4.84. The minimum Gasteiger partial charge on any atom is -0.462 e. The SMILES string of the molecule is CCOC(=O)c1cc(C(=O)NC2(C)CCN(C(=O)OC(C)(C)C)CC2)cc([N+](=O)[O-])c1. The summed E-state index contributed by atoms with van der Waals surface area (Å²) in [6.45, 7) is 9.75. The largest absolute Gasteiger partial charge is 0.462 e. The quantitative estimate of drug-likeness (QED) is 0.427. The van der Waals surface area contributed by atoms with E-state index >= 15 is 0 Å². The molecule has 0 radical (unpaired) electrons. The van der Waals surface area contributed by atoms with Crippen LogP contribution in [0.25, 0.3) is 0 Å². The molecule has 1 fully saturated rings. The van der Waals surface area contributed by atoms with Gasteiger partial charge in [-0.15, -0.1) is 0 Å². The highest BCUT2D eigenvalue weighted by molar-refractivity contribution is 5.99. The van der Waals surface area contributed by atoms with Crippen molar-refractivity contribution >= 4 is 23.7 Å². The van der Waals surface area contributed by atoms with Gasteiger partial charge in [0.15, 0.2) is 0 Å². The molecular weight excluding hydrogens is 406 g/mol. The number of rotatable bonds is 5. The predicted octanol–water partition coefficient (Wildman–Crippen LogP) is 3.29. The zero-order valence-corrected chi connectivity index (χ0v) is 18.5. The first kappa shape index (κ1) is 24.1. The van der Waals surface area contributed by atoms with Crippen LogP contribution in [0, 0.1) is 10.1 Å². The number of nitro groups is 1. The zero-order valence-electron chi connectivity index (χ0n) is 18.5. The number of nitrogens with zero attached hydrogens (tertiary/aromatic N) is 2. The van der Waals surface area contributed by atoms with Crippen LogP contribution in [0.5, 0.6) is 0 Å². The number of ether oxygens (including phenoxy) is 2. The van der Waals surface area contributed by atoms with Gasteiger partial charge in [0.05, 0.1) is 17.1 Å². The summed E-state index contributed by atoms with van der Waals surface area (Å²) in [7, 11) is 0. The van der Waals surface area contributed by atoms with E-state index in [9.17, 15) is 24.5 Å². The van der Waals surface area contributed by atoms with Gasteiger partial charge < -0.3 is 19.7 Å². The van der Waals surface area contributed by atoms with Gasteiger partial charge >= 0.3 is 12.1 Å². The lowest BCUT2D eigenvalue weighted by atomic mass is 9.89. The van der Waals surface area contributed by atoms with Crippen molar-refractivity contribution in [3.63, 3.8) is 0 Å². The summed E-state index contributed by atoms with van der Waals surface area (Å²) in [4.78, 5) is 49.2. The number of non-ortho nitro benzene ring substituents is 1. The first-order valence-electron chi connectivity index (χ1n) is 10.1. The normalized spacial score (nSPS) is 15.7. The minimum atomic E-state index is -0.739. The van der Waals surface area contributed by atoms with Gasteiger partial charge in [0.2, 0.25) is 0 Å². The van der Waals surface area contributed by atoms with E-state index in [-0.39, 0.29) is 23.4 Å². The Labute approximate surface area is 181 Å². The number of piperidine rings is 1. The Morgan fingerprint density at radius 3 is 2.26 bits per heavy atom. The summed E-state index contributed by atoms with van der Waals surface area (Å²) >= 11 is 0. The molecule has 2 rings (SSSR count). The standard InChI is InChI=1S/C21H29N3O7/c1-6-30-18(26)15-11-14(12-16(13-15)24(28)29)17(25)22-21(5)7-9-23(10-8-21)19(27)31-20(2,3)4/h11-13H,6-10H2,1-5H3,(H,22,25). The Morgan fingerprint density at radius 2 is 1.74 bits per heavy atom. The van der Waals surface area contributed by atoms with E-state index in [2.05, 4.69) is 5.32 Å². The highest BCUT2D eigenvalue weighted by Gasteiger charge is 2.35. The summed E-state index contributed by atoms with van der Waals surface area (Å²) in [6, 6.07) is 3.48. The number of nitro benzene ring substituents is 1. The van der Waals surface area contributed by atoms with Crippen LogP contribution in [-0.4, -0.2) is 58.6 Å². The fourth-order valence-electron chi connectivity index (χ4n) is 3.16. The van der Waals surface area contributed by atoms with Gasteiger partial charge in [-0.2, -0.15) is 0 Å². The summed E-state index contributed by atoms with van der Waals surface area (Å²) in [5, 5.41) is 14.1. The molecule has 2 amide bonds. The number of carbonyl (C=O) groups excluding carboxylic acids is 3. The van der Waals surface area contributed by atoms with Crippen molar-refractivity contribution in [2.45, 2.75) is 58.6 Å². The average Bonchev–Trinajstić information content (AvgIpc) is 2.66. The molecule has 0 aliphatic carbocycles. The van der Waals surface area contributed by atoms with Gasteiger partial charge in [-0.1, -0.05) is 0 Å². The molecule has 1 aromatic carbocycles. The fourth-order valence-corrected chi connectivity index (χ4v) is 3.16. The Kier molecular flexibility index (Phi) is 7.24. The molecule has 1 N–H and O–H groups in total. The average molecular weight is 435 g/mol. The van der Waals surface area contributed by atoms with Crippen molar-refractivity contribution in [2.75, 3.05) is 19.7 Å². The van der Waals surface area contributed by atoms with E-state index in [1.165, 1.54) is 6.07 Å². The highest BCUT2D eigenvalue weighted by atomic mass is 16.6. The minimum absolute atomic E-state index is 0.00644. The highest BCUT2D eigenvalue weighted by Crippen LogP contribution is 2.25. The zero-order chi connectivity index (χ0) is 23.4. The molecule has 0 atom stereocenters. The molecule has 1 aliphatic heterocycles. The second-order valence-electron chi connectivity index (χ2n) is 8.73. The van der Waals surface area contributed by atoms with Crippen molar-refractivity contribution in [1.29, 1.82) is 0 Å². The van der Waals surface area contributed by atoms with Gasteiger partial charge in [0, 0.05) is 36.3 Å². The molecule has 0 spiro atoms. The van der Waals surface area contributed by atoms with Crippen LogP contribution >= 0.6 is 0 Å². The summed E-state index contributed by atoms with van der Waals surface area (Å²) in [5.74, 6) is -1.28. The number of nitrogens with one attached hydrogen (secondary N) is 1. The van der Waals surface area contributed by atoms with Crippen LogP contribution in [0.2, 0.25) is 0 Å². The number of benzene rings is 1. The third-order valence-corrected chi connectivity index (χ3v) is 4.84. The second kappa shape index (κ2) is 9.32. The lowest BCUT2D eigenvalue weighted by Crippen LogP contribution is -2.54. The maximum Gasteiger partial charge on any atom is 0.410 e. The molecule has 1 aliphatic rings. The first-order valence-corrected chi connectivity index (χ1v) is 10.1. The van der Waals surface area contributed by atoms with Crippen LogP contribution in [0.1, 0.15) is 68.2 Å². The molecule has 0 saturated carbocycles. The first-order chi connectivity index (χ1) is 14.3.